The van der Waals surface area contributed by atoms with Crippen LogP contribution in [0.5, 0.6) is 0 Å². The van der Waals surface area contributed by atoms with Gasteiger partial charge in [0.1, 0.15) is 10.7 Å². The zero-order valence-corrected chi connectivity index (χ0v) is 11.5. The molecule has 3 N–H and O–H groups in total. The predicted octanol–water partition coefficient (Wildman–Crippen LogP) is 2.12. The van der Waals surface area contributed by atoms with Gasteiger partial charge in [-0.3, -0.25) is 0 Å². The van der Waals surface area contributed by atoms with Crippen LogP contribution in [-0.4, -0.2) is 23.2 Å². The first-order chi connectivity index (χ1) is 8.78. The second kappa shape index (κ2) is 6.08. The van der Waals surface area contributed by atoms with E-state index in [2.05, 4.69) is 28.4 Å². The van der Waals surface area contributed by atoms with Crippen LogP contribution in [0.4, 0.5) is 5.82 Å². The molecule has 0 aliphatic heterocycles. The van der Waals surface area contributed by atoms with E-state index in [-0.39, 0.29) is 0 Å². The van der Waals surface area contributed by atoms with Crippen LogP contribution >= 0.6 is 11.3 Å². The molecule has 0 fully saturated rings. The molecule has 2 heterocycles. The van der Waals surface area contributed by atoms with E-state index in [1.54, 1.807) is 11.3 Å². The molecule has 0 bridgehead atoms. The van der Waals surface area contributed by atoms with Crippen LogP contribution in [0.25, 0.3) is 10.2 Å². The van der Waals surface area contributed by atoms with Crippen LogP contribution in [0, 0.1) is 0 Å². The van der Waals surface area contributed by atoms with E-state index in [0.717, 1.165) is 22.5 Å². The fourth-order valence-corrected chi connectivity index (χ4v) is 2.71. The number of aryl methyl sites for hydroxylation is 1. The van der Waals surface area contributed by atoms with Crippen LogP contribution in [0.2, 0.25) is 0 Å². The molecule has 0 unspecified atom stereocenters. The van der Waals surface area contributed by atoms with Crippen molar-refractivity contribution in [3.8, 4) is 0 Å². The van der Waals surface area contributed by atoms with Gasteiger partial charge < -0.3 is 10.2 Å². The Morgan fingerprint density at radius 1 is 1.39 bits per heavy atom. The van der Waals surface area contributed by atoms with E-state index in [9.17, 15) is 0 Å². The largest absolute Gasteiger partial charge is 0.381 e. The van der Waals surface area contributed by atoms with Gasteiger partial charge in [-0.2, -0.15) is 0 Å². The topological polar surface area (TPSA) is 73.1 Å². The van der Waals surface area contributed by atoms with Gasteiger partial charge in [-0.25, -0.2) is 15.8 Å². The molecule has 0 aliphatic rings. The van der Waals surface area contributed by atoms with Crippen molar-refractivity contribution in [3.63, 3.8) is 0 Å². The Morgan fingerprint density at radius 2 is 2.22 bits per heavy atom. The van der Waals surface area contributed by atoms with Crippen molar-refractivity contribution < 1.29 is 4.74 Å². The molecule has 2 rings (SSSR count). The fourth-order valence-electron chi connectivity index (χ4n) is 1.72. The Bertz CT molecular complexity index is 526. The van der Waals surface area contributed by atoms with Gasteiger partial charge in [-0.15, -0.1) is 11.3 Å². The van der Waals surface area contributed by atoms with Crippen molar-refractivity contribution in [3.05, 3.63) is 16.8 Å². The third kappa shape index (κ3) is 2.77. The minimum atomic E-state index is 0.637. The van der Waals surface area contributed by atoms with Crippen molar-refractivity contribution in [1.29, 1.82) is 0 Å². The molecule has 2 aromatic heterocycles. The van der Waals surface area contributed by atoms with Gasteiger partial charge >= 0.3 is 0 Å². The summed E-state index contributed by atoms with van der Waals surface area (Å²) in [5.74, 6) is 6.99. The molecule has 0 saturated heterocycles. The third-order valence-corrected chi connectivity index (χ3v) is 3.82. The Hall–Kier alpha value is -1.24. The molecule has 0 amide bonds. The molecule has 2 aromatic rings. The molecule has 0 spiro atoms. The lowest BCUT2D eigenvalue weighted by Crippen LogP contribution is -2.11. The maximum Gasteiger partial charge on any atom is 0.152 e. The SMILES string of the molecule is CCOCCc1nc(NN)c2cc(CC)sc2n1. The van der Waals surface area contributed by atoms with Gasteiger partial charge in [0, 0.05) is 17.9 Å². The normalized spacial score (nSPS) is 11.1. The molecule has 0 saturated carbocycles. The first-order valence-corrected chi connectivity index (χ1v) is 6.93. The highest BCUT2D eigenvalue weighted by atomic mass is 32.1. The number of anilines is 1. The number of rotatable bonds is 6. The summed E-state index contributed by atoms with van der Waals surface area (Å²) in [6.07, 6.45) is 1.71. The van der Waals surface area contributed by atoms with E-state index in [1.807, 2.05) is 6.92 Å². The molecule has 5 nitrogen and oxygen atoms in total. The van der Waals surface area contributed by atoms with Crippen molar-refractivity contribution in [2.24, 2.45) is 5.84 Å². The number of thiophene rings is 1. The van der Waals surface area contributed by atoms with Gasteiger partial charge in [0.15, 0.2) is 5.82 Å². The van der Waals surface area contributed by atoms with Gasteiger partial charge in [-0.1, -0.05) is 6.92 Å². The van der Waals surface area contributed by atoms with E-state index < -0.39 is 0 Å². The quantitative estimate of drug-likeness (QED) is 0.476. The lowest BCUT2D eigenvalue weighted by Gasteiger charge is -2.05. The lowest BCUT2D eigenvalue weighted by molar-refractivity contribution is 0.149. The lowest BCUT2D eigenvalue weighted by atomic mass is 10.3. The number of nitrogen functional groups attached to an aromatic ring is 1. The first kappa shape index (κ1) is 13.2. The monoisotopic (exact) mass is 266 g/mol. The van der Waals surface area contributed by atoms with E-state index in [4.69, 9.17) is 10.6 Å². The second-order valence-corrected chi connectivity index (χ2v) is 4.98. The van der Waals surface area contributed by atoms with Crippen molar-refractivity contribution in [2.45, 2.75) is 26.7 Å². The summed E-state index contributed by atoms with van der Waals surface area (Å²) in [6, 6.07) is 2.10. The molecule has 18 heavy (non-hydrogen) atoms. The van der Waals surface area contributed by atoms with E-state index >= 15 is 0 Å². The number of hydrogen-bond acceptors (Lipinski definition) is 6. The summed E-state index contributed by atoms with van der Waals surface area (Å²) in [4.78, 5) is 11.3. The molecule has 0 aliphatic carbocycles. The number of nitrogens with two attached hydrogens (primary N) is 1. The maximum absolute atomic E-state index is 5.52. The van der Waals surface area contributed by atoms with Crippen LogP contribution in [-0.2, 0) is 17.6 Å². The van der Waals surface area contributed by atoms with Gasteiger partial charge in [-0.05, 0) is 19.4 Å². The molecule has 0 aromatic carbocycles. The highest BCUT2D eigenvalue weighted by molar-refractivity contribution is 7.18. The van der Waals surface area contributed by atoms with Crippen molar-refractivity contribution in [2.75, 3.05) is 18.6 Å². The summed E-state index contributed by atoms with van der Waals surface area (Å²) < 4.78 is 5.32. The summed E-state index contributed by atoms with van der Waals surface area (Å²) >= 11 is 1.69. The second-order valence-electron chi connectivity index (χ2n) is 3.86. The van der Waals surface area contributed by atoms with Gasteiger partial charge in [0.25, 0.3) is 0 Å². The number of ether oxygens (including phenoxy) is 1. The van der Waals surface area contributed by atoms with E-state index in [0.29, 0.717) is 25.5 Å². The fraction of sp³-hybridized carbons (Fsp3) is 0.500. The zero-order valence-electron chi connectivity index (χ0n) is 10.7. The average molecular weight is 266 g/mol. The van der Waals surface area contributed by atoms with Crippen LogP contribution in [0.3, 0.4) is 0 Å². The predicted molar refractivity (Wildman–Crippen MR) is 74.8 cm³/mol. The average Bonchev–Trinajstić information content (AvgIpc) is 2.81. The smallest absolute Gasteiger partial charge is 0.152 e. The number of hydrazine groups is 1. The summed E-state index contributed by atoms with van der Waals surface area (Å²) in [5, 5.41) is 1.000. The van der Waals surface area contributed by atoms with Crippen LogP contribution in [0.1, 0.15) is 24.5 Å². The standard InChI is InChI=1S/C12H18N4OS/c1-3-8-7-9-11(16-13)14-10(5-6-17-4-2)15-12(9)18-8/h7H,3-6,13H2,1-2H3,(H,14,15,16). The zero-order chi connectivity index (χ0) is 13.0. The minimum absolute atomic E-state index is 0.637. The van der Waals surface area contributed by atoms with E-state index in [1.165, 1.54) is 4.88 Å². The van der Waals surface area contributed by atoms with Gasteiger partial charge in [0.2, 0.25) is 0 Å². The van der Waals surface area contributed by atoms with Crippen molar-refractivity contribution >= 4 is 27.4 Å². The third-order valence-electron chi connectivity index (χ3n) is 2.65. The summed E-state index contributed by atoms with van der Waals surface area (Å²) in [7, 11) is 0. The molecule has 0 radical (unpaired) electrons. The molecular formula is C12H18N4OS. The number of nitrogens with one attached hydrogen (secondary N) is 1. The maximum atomic E-state index is 5.52. The van der Waals surface area contributed by atoms with Crippen molar-refractivity contribution in [1.82, 2.24) is 9.97 Å². The Balaban J connectivity index is 2.32. The highest BCUT2D eigenvalue weighted by Gasteiger charge is 2.10. The number of fused-ring (bicyclic) bond motifs is 1. The molecule has 6 heteroatoms. The summed E-state index contributed by atoms with van der Waals surface area (Å²) in [6.45, 7) is 5.45. The molecule has 0 atom stereocenters. The highest BCUT2D eigenvalue weighted by Crippen LogP contribution is 2.28. The number of hydrogen-bond donors (Lipinski definition) is 2. The first-order valence-electron chi connectivity index (χ1n) is 6.12. The summed E-state index contributed by atoms with van der Waals surface area (Å²) in [5.41, 5.74) is 2.65. The Morgan fingerprint density at radius 3 is 2.89 bits per heavy atom. The van der Waals surface area contributed by atoms with Crippen LogP contribution < -0.4 is 11.3 Å². The van der Waals surface area contributed by atoms with Crippen LogP contribution in [0.15, 0.2) is 6.07 Å². The molecule has 98 valence electrons. The molecular weight excluding hydrogens is 248 g/mol. The Labute approximate surface area is 110 Å². The minimum Gasteiger partial charge on any atom is -0.381 e. The number of aromatic nitrogens is 2. The Kier molecular flexibility index (Phi) is 4.46. The van der Waals surface area contributed by atoms with Gasteiger partial charge in [0.05, 0.1) is 12.0 Å². The number of nitrogens with zero attached hydrogens (tertiary/aromatic N) is 2.